The number of carbonyl (C=O) groups excluding carboxylic acids is 2. The minimum atomic E-state index is -1.51. The molecule has 19 heavy (non-hydrogen) atoms. The highest BCUT2D eigenvalue weighted by Crippen LogP contribution is 2.26. The molecule has 1 unspecified atom stereocenters. The zero-order chi connectivity index (χ0) is 14.4. The van der Waals surface area contributed by atoms with Crippen molar-refractivity contribution in [3.63, 3.8) is 0 Å². The Morgan fingerprint density at radius 2 is 2.05 bits per heavy atom. The SMILES string of the molecule is NC(=O)CC(NSc1ccccc1[N+](=O)[O-])C(=O)[O-]. The van der Waals surface area contributed by atoms with Crippen LogP contribution in [0.25, 0.3) is 0 Å². The van der Waals surface area contributed by atoms with Gasteiger partial charge in [0.15, 0.2) is 0 Å². The summed E-state index contributed by atoms with van der Waals surface area (Å²) in [7, 11) is 0. The Morgan fingerprint density at radius 3 is 2.58 bits per heavy atom. The third kappa shape index (κ3) is 4.56. The number of nitrogens with zero attached hydrogens (tertiary/aromatic N) is 1. The van der Waals surface area contributed by atoms with Crippen molar-refractivity contribution < 1.29 is 19.6 Å². The number of nitrogens with one attached hydrogen (secondary N) is 1. The third-order valence-electron chi connectivity index (χ3n) is 2.06. The zero-order valence-corrected chi connectivity index (χ0v) is 10.4. The summed E-state index contributed by atoms with van der Waals surface area (Å²) in [6.45, 7) is 0. The van der Waals surface area contributed by atoms with Gasteiger partial charge in [-0.3, -0.25) is 19.6 Å². The number of nitro groups is 1. The highest BCUT2D eigenvalue weighted by molar-refractivity contribution is 7.97. The second kappa shape index (κ2) is 6.71. The maximum absolute atomic E-state index is 10.7. The van der Waals surface area contributed by atoms with Crippen molar-refractivity contribution in [2.24, 2.45) is 5.73 Å². The minimum absolute atomic E-state index is 0.170. The van der Waals surface area contributed by atoms with Gasteiger partial charge in [-0.25, -0.2) is 0 Å². The van der Waals surface area contributed by atoms with E-state index in [1.165, 1.54) is 18.2 Å². The Labute approximate surface area is 112 Å². The molecule has 0 heterocycles. The van der Waals surface area contributed by atoms with Gasteiger partial charge in [-0.05, 0) is 18.0 Å². The Morgan fingerprint density at radius 1 is 1.42 bits per heavy atom. The molecule has 102 valence electrons. The first-order valence-electron chi connectivity index (χ1n) is 5.06. The molecule has 1 aromatic carbocycles. The fourth-order valence-corrected chi connectivity index (χ4v) is 2.05. The van der Waals surface area contributed by atoms with E-state index in [1.807, 2.05) is 0 Å². The van der Waals surface area contributed by atoms with E-state index >= 15 is 0 Å². The molecule has 0 aliphatic carbocycles. The van der Waals surface area contributed by atoms with Gasteiger partial charge in [0.05, 0.1) is 16.9 Å². The van der Waals surface area contributed by atoms with Gasteiger partial charge in [0, 0.05) is 12.5 Å². The fourth-order valence-electron chi connectivity index (χ4n) is 1.20. The first kappa shape index (κ1) is 14.9. The molecule has 0 bridgehead atoms. The van der Waals surface area contributed by atoms with E-state index in [4.69, 9.17) is 5.73 Å². The molecule has 1 rings (SSSR count). The molecule has 0 aliphatic heterocycles. The van der Waals surface area contributed by atoms with Gasteiger partial charge in [0.2, 0.25) is 5.91 Å². The molecule has 0 saturated heterocycles. The predicted octanol–water partition coefficient (Wildman–Crippen LogP) is -0.815. The number of nitro benzene ring substituents is 1. The standard InChI is InChI=1S/C10H11N3O5S/c11-9(14)5-6(10(15)16)12-19-8-4-2-1-3-7(8)13(17)18/h1-4,6,12H,5H2,(H2,11,14)(H,15,16)/p-1. The molecule has 0 aliphatic rings. The number of aliphatic carboxylic acids is 1. The maximum atomic E-state index is 10.7. The molecule has 1 amide bonds. The highest BCUT2D eigenvalue weighted by atomic mass is 32.2. The monoisotopic (exact) mass is 284 g/mol. The van der Waals surface area contributed by atoms with Gasteiger partial charge < -0.3 is 15.6 Å². The summed E-state index contributed by atoms with van der Waals surface area (Å²) < 4.78 is 2.41. The summed E-state index contributed by atoms with van der Waals surface area (Å²) in [5.41, 5.74) is 4.72. The van der Waals surface area contributed by atoms with Crippen LogP contribution >= 0.6 is 11.9 Å². The first-order chi connectivity index (χ1) is 8.91. The van der Waals surface area contributed by atoms with Crippen LogP contribution in [-0.2, 0) is 9.59 Å². The van der Waals surface area contributed by atoms with Gasteiger partial charge in [-0.1, -0.05) is 12.1 Å². The van der Waals surface area contributed by atoms with Crippen molar-refractivity contribution in [1.29, 1.82) is 0 Å². The van der Waals surface area contributed by atoms with Crippen LogP contribution in [0.1, 0.15) is 6.42 Å². The number of nitrogens with two attached hydrogens (primary N) is 1. The quantitative estimate of drug-likeness (QED) is 0.379. The van der Waals surface area contributed by atoms with Crippen LogP contribution in [-0.4, -0.2) is 22.8 Å². The summed E-state index contributed by atoms with van der Waals surface area (Å²) in [4.78, 5) is 31.8. The molecule has 0 saturated carbocycles. The lowest BCUT2D eigenvalue weighted by Crippen LogP contribution is -2.45. The number of benzene rings is 1. The number of carboxylic acid groups (broad SMARTS) is 1. The van der Waals surface area contributed by atoms with E-state index in [9.17, 15) is 24.8 Å². The van der Waals surface area contributed by atoms with Crippen molar-refractivity contribution in [1.82, 2.24) is 4.72 Å². The lowest BCUT2D eigenvalue weighted by molar-refractivity contribution is -0.387. The number of para-hydroxylation sites is 1. The minimum Gasteiger partial charge on any atom is -0.548 e. The number of primary amides is 1. The second-order valence-electron chi connectivity index (χ2n) is 3.49. The molecule has 9 heteroatoms. The number of carbonyl (C=O) groups is 2. The van der Waals surface area contributed by atoms with Crippen LogP contribution in [0.4, 0.5) is 5.69 Å². The van der Waals surface area contributed by atoms with Crippen molar-refractivity contribution in [3.05, 3.63) is 34.4 Å². The van der Waals surface area contributed by atoms with Crippen molar-refractivity contribution in [2.75, 3.05) is 0 Å². The van der Waals surface area contributed by atoms with E-state index in [2.05, 4.69) is 4.72 Å². The van der Waals surface area contributed by atoms with Crippen LogP contribution < -0.4 is 15.6 Å². The third-order valence-corrected chi connectivity index (χ3v) is 3.03. The van der Waals surface area contributed by atoms with Crippen LogP contribution in [0.2, 0.25) is 0 Å². The number of hydrogen-bond acceptors (Lipinski definition) is 7. The van der Waals surface area contributed by atoms with Crippen LogP contribution in [0.15, 0.2) is 29.2 Å². The summed E-state index contributed by atoms with van der Waals surface area (Å²) in [6, 6.07) is 4.47. The number of hydrogen-bond donors (Lipinski definition) is 2. The second-order valence-corrected chi connectivity index (χ2v) is 4.37. The molecule has 0 radical (unpaired) electrons. The molecule has 0 spiro atoms. The maximum Gasteiger partial charge on any atom is 0.284 e. The van der Waals surface area contributed by atoms with E-state index in [0.29, 0.717) is 0 Å². The van der Waals surface area contributed by atoms with Crippen LogP contribution in [0, 0.1) is 10.1 Å². The van der Waals surface area contributed by atoms with Gasteiger partial charge >= 0.3 is 0 Å². The van der Waals surface area contributed by atoms with Crippen molar-refractivity contribution in [3.8, 4) is 0 Å². The lowest BCUT2D eigenvalue weighted by Gasteiger charge is -2.17. The lowest BCUT2D eigenvalue weighted by atomic mass is 10.2. The van der Waals surface area contributed by atoms with E-state index in [1.54, 1.807) is 6.07 Å². The Bertz CT molecular complexity index is 508. The van der Waals surface area contributed by atoms with Gasteiger partial charge in [-0.15, -0.1) is 0 Å². The van der Waals surface area contributed by atoms with Crippen molar-refractivity contribution in [2.45, 2.75) is 17.4 Å². The van der Waals surface area contributed by atoms with Crippen LogP contribution in [0.5, 0.6) is 0 Å². The summed E-state index contributed by atoms with van der Waals surface area (Å²) in [5, 5.41) is 21.5. The molecule has 8 nitrogen and oxygen atoms in total. The number of rotatable bonds is 7. The van der Waals surface area contributed by atoms with Gasteiger partial charge in [0.1, 0.15) is 4.90 Å². The normalized spacial score (nSPS) is 11.8. The average molecular weight is 284 g/mol. The van der Waals surface area contributed by atoms with E-state index in [0.717, 1.165) is 11.9 Å². The summed E-state index contributed by atoms with van der Waals surface area (Å²) in [6.07, 6.45) is -0.462. The van der Waals surface area contributed by atoms with Gasteiger partial charge in [0.25, 0.3) is 5.69 Å². The largest absolute Gasteiger partial charge is 0.548 e. The Kier molecular flexibility index (Phi) is 5.27. The smallest absolute Gasteiger partial charge is 0.284 e. The van der Waals surface area contributed by atoms with Crippen LogP contribution in [0.3, 0.4) is 0 Å². The molecule has 3 N–H and O–H groups in total. The Hall–Kier alpha value is -2.13. The molecule has 1 aromatic rings. The number of amides is 1. The molecular formula is C10H10N3O5S-. The summed E-state index contributed by atoms with van der Waals surface area (Å²) >= 11 is 0.734. The van der Waals surface area contributed by atoms with Gasteiger partial charge in [-0.2, -0.15) is 0 Å². The zero-order valence-electron chi connectivity index (χ0n) is 9.57. The first-order valence-corrected chi connectivity index (χ1v) is 5.88. The van der Waals surface area contributed by atoms with E-state index < -0.39 is 29.3 Å². The van der Waals surface area contributed by atoms with Crippen molar-refractivity contribution >= 4 is 29.5 Å². The average Bonchev–Trinajstić information content (AvgIpc) is 2.34. The Balaban J connectivity index is 2.77. The highest BCUT2D eigenvalue weighted by Gasteiger charge is 2.17. The summed E-state index contributed by atoms with van der Waals surface area (Å²) in [5.74, 6) is -2.32. The molecule has 0 fully saturated rings. The molecular weight excluding hydrogens is 274 g/mol. The molecule has 0 aromatic heterocycles. The van der Waals surface area contributed by atoms with E-state index in [-0.39, 0.29) is 10.6 Å². The predicted molar refractivity (Wildman–Crippen MR) is 64.7 cm³/mol. The number of carboxylic acids is 1. The topological polar surface area (TPSA) is 138 Å². The molecule has 1 atom stereocenters. The fraction of sp³-hybridized carbons (Fsp3) is 0.200.